The second kappa shape index (κ2) is 5.66. The monoisotopic (exact) mass is 242 g/mol. The quantitative estimate of drug-likeness (QED) is 0.734. The normalized spacial score (nSPS) is 37.6. The third-order valence-electron chi connectivity index (χ3n) is 4.71. The molecule has 3 atom stereocenters. The van der Waals surface area contributed by atoms with E-state index in [0.29, 0.717) is 12.1 Å². The van der Waals surface area contributed by atoms with E-state index in [1.54, 1.807) is 0 Å². The summed E-state index contributed by atoms with van der Waals surface area (Å²) in [6.45, 7) is 11.2. The molecule has 0 aromatic heterocycles. The van der Waals surface area contributed by atoms with E-state index in [0.717, 1.165) is 39.0 Å². The van der Waals surface area contributed by atoms with Gasteiger partial charge in [0.15, 0.2) is 0 Å². The summed E-state index contributed by atoms with van der Waals surface area (Å²) in [6, 6.07) is 1.14. The Morgan fingerprint density at radius 2 is 1.71 bits per heavy atom. The molecule has 1 saturated heterocycles. The van der Waals surface area contributed by atoms with Crippen LogP contribution < -0.4 is 0 Å². The lowest BCUT2D eigenvalue weighted by atomic mass is 9.83. The van der Waals surface area contributed by atoms with E-state index >= 15 is 0 Å². The molecular weight excluding hydrogens is 215 g/mol. The minimum atomic E-state index is -0.572. The van der Waals surface area contributed by atoms with Crippen LogP contribution >= 0.6 is 0 Å². The lowest BCUT2D eigenvalue weighted by molar-refractivity contribution is 0.0159. The molecule has 1 heterocycles. The highest BCUT2D eigenvalue weighted by atomic mass is 19.1. The SMILES string of the molecule is CC(C)N1CCN([C@H]2CCC[C@@H](F)[C@@H]2C)CC1. The Morgan fingerprint density at radius 3 is 2.29 bits per heavy atom. The second-order valence-electron chi connectivity index (χ2n) is 6.04. The van der Waals surface area contributed by atoms with Gasteiger partial charge in [0.25, 0.3) is 0 Å². The van der Waals surface area contributed by atoms with Crippen LogP contribution in [0.3, 0.4) is 0 Å². The summed E-state index contributed by atoms with van der Waals surface area (Å²) < 4.78 is 13.8. The summed E-state index contributed by atoms with van der Waals surface area (Å²) in [5, 5.41) is 0. The van der Waals surface area contributed by atoms with Crippen molar-refractivity contribution in [3.05, 3.63) is 0 Å². The topological polar surface area (TPSA) is 6.48 Å². The van der Waals surface area contributed by atoms with Crippen molar-refractivity contribution in [2.45, 2.75) is 58.3 Å². The van der Waals surface area contributed by atoms with Crippen molar-refractivity contribution >= 4 is 0 Å². The molecule has 0 aromatic rings. The Morgan fingerprint density at radius 1 is 1.06 bits per heavy atom. The van der Waals surface area contributed by atoms with Crippen LogP contribution in [0.1, 0.15) is 40.0 Å². The van der Waals surface area contributed by atoms with Crippen molar-refractivity contribution < 1.29 is 4.39 Å². The van der Waals surface area contributed by atoms with E-state index in [4.69, 9.17) is 0 Å². The summed E-state index contributed by atoms with van der Waals surface area (Å²) in [7, 11) is 0. The average Bonchev–Trinajstić information content (AvgIpc) is 2.33. The highest BCUT2D eigenvalue weighted by Crippen LogP contribution is 2.31. The maximum atomic E-state index is 13.8. The van der Waals surface area contributed by atoms with E-state index in [1.165, 1.54) is 6.42 Å². The second-order valence-corrected chi connectivity index (χ2v) is 6.04. The molecule has 0 unspecified atom stereocenters. The summed E-state index contributed by atoms with van der Waals surface area (Å²) in [6.07, 6.45) is 2.48. The zero-order valence-corrected chi connectivity index (χ0v) is 11.5. The van der Waals surface area contributed by atoms with Crippen molar-refractivity contribution in [1.82, 2.24) is 9.80 Å². The zero-order chi connectivity index (χ0) is 12.4. The first-order valence-corrected chi connectivity index (χ1v) is 7.21. The van der Waals surface area contributed by atoms with Crippen LogP contribution in [0.5, 0.6) is 0 Å². The zero-order valence-electron chi connectivity index (χ0n) is 11.5. The highest BCUT2D eigenvalue weighted by molar-refractivity contribution is 4.88. The number of hydrogen-bond acceptors (Lipinski definition) is 2. The van der Waals surface area contributed by atoms with Crippen LogP contribution in [0.15, 0.2) is 0 Å². The Hall–Kier alpha value is -0.150. The molecule has 1 aliphatic carbocycles. The number of nitrogens with zero attached hydrogens (tertiary/aromatic N) is 2. The predicted octanol–water partition coefficient (Wildman–Crippen LogP) is 2.54. The van der Waals surface area contributed by atoms with Gasteiger partial charge in [0.2, 0.25) is 0 Å². The third kappa shape index (κ3) is 3.00. The van der Waals surface area contributed by atoms with E-state index in [-0.39, 0.29) is 5.92 Å². The van der Waals surface area contributed by atoms with E-state index < -0.39 is 6.17 Å². The van der Waals surface area contributed by atoms with Gasteiger partial charge in [0.1, 0.15) is 6.17 Å². The first kappa shape index (κ1) is 13.3. The van der Waals surface area contributed by atoms with Gasteiger partial charge in [-0.25, -0.2) is 4.39 Å². The van der Waals surface area contributed by atoms with Crippen LogP contribution in [0.25, 0.3) is 0 Å². The minimum Gasteiger partial charge on any atom is -0.298 e. The van der Waals surface area contributed by atoms with E-state index in [2.05, 4.69) is 30.6 Å². The predicted molar refractivity (Wildman–Crippen MR) is 70.0 cm³/mol. The van der Waals surface area contributed by atoms with Gasteiger partial charge < -0.3 is 0 Å². The van der Waals surface area contributed by atoms with Crippen molar-refractivity contribution in [2.75, 3.05) is 26.2 Å². The van der Waals surface area contributed by atoms with Crippen molar-refractivity contribution in [3.8, 4) is 0 Å². The Labute approximate surface area is 105 Å². The third-order valence-corrected chi connectivity index (χ3v) is 4.71. The van der Waals surface area contributed by atoms with Crippen LogP contribution in [0, 0.1) is 5.92 Å². The van der Waals surface area contributed by atoms with Gasteiger partial charge >= 0.3 is 0 Å². The Balaban J connectivity index is 1.87. The van der Waals surface area contributed by atoms with E-state index in [9.17, 15) is 4.39 Å². The first-order valence-electron chi connectivity index (χ1n) is 7.21. The molecule has 0 radical (unpaired) electrons. The molecule has 2 nitrogen and oxygen atoms in total. The van der Waals surface area contributed by atoms with E-state index in [1.807, 2.05) is 0 Å². The molecule has 0 bridgehead atoms. The number of alkyl halides is 1. The summed E-state index contributed by atoms with van der Waals surface area (Å²) in [5.74, 6) is 0.231. The van der Waals surface area contributed by atoms with Gasteiger partial charge in [0.05, 0.1) is 0 Å². The molecule has 0 N–H and O–H groups in total. The highest BCUT2D eigenvalue weighted by Gasteiger charge is 2.35. The molecular formula is C14H27FN2. The van der Waals surface area contributed by atoms with Gasteiger partial charge in [-0.2, -0.15) is 0 Å². The molecule has 2 aliphatic rings. The standard InChI is InChI=1S/C14H27FN2/c1-11(2)16-7-9-17(10-8-16)14-6-4-5-13(15)12(14)3/h11-14H,4-10H2,1-3H3/t12-,13+,14-/m0/s1. The minimum absolute atomic E-state index is 0.231. The lowest BCUT2D eigenvalue weighted by Gasteiger charge is -2.45. The van der Waals surface area contributed by atoms with Gasteiger partial charge in [-0.15, -0.1) is 0 Å². The fourth-order valence-corrected chi connectivity index (χ4v) is 3.39. The molecule has 0 amide bonds. The fourth-order valence-electron chi connectivity index (χ4n) is 3.39. The molecule has 3 heteroatoms. The molecule has 17 heavy (non-hydrogen) atoms. The number of hydrogen-bond donors (Lipinski definition) is 0. The molecule has 2 rings (SSSR count). The van der Waals surface area contributed by atoms with Crippen molar-refractivity contribution in [1.29, 1.82) is 0 Å². The molecule has 1 aliphatic heterocycles. The van der Waals surface area contributed by atoms with Crippen LogP contribution in [0.4, 0.5) is 4.39 Å². The molecule has 2 fully saturated rings. The number of halogens is 1. The molecule has 1 saturated carbocycles. The summed E-state index contributed by atoms with van der Waals surface area (Å²) in [5.41, 5.74) is 0. The number of rotatable bonds is 2. The van der Waals surface area contributed by atoms with Crippen LogP contribution in [-0.4, -0.2) is 54.2 Å². The van der Waals surface area contributed by atoms with Gasteiger partial charge in [-0.05, 0) is 33.1 Å². The lowest BCUT2D eigenvalue weighted by Crippen LogP contribution is -2.55. The molecule has 0 aromatic carbocycles. The Kier molecular flexibility index (Phi) is 4.42. The van der Waals surface area contributed by atoms with Gasteiger partial charge in [-0.1, -0.05) is 6.92 Å². The summed E-state index contributed by atoms with van der Waals surface area (Å²) >= 11 is 0. The van der Waals surface area contributed by atoms with Gasteiger partial charge in [0, 0.05) is 44.2 Å². The smallest absolute Gasteiger partial charge is 0.104 e. The van der Waals surface area contributed by atoms with Gasteiger partial charge in [-0.3, -0.25) is 9.80 Å². The first-order chi connectivity index (χ1) is 8.09. The number of piperazine rings is 1. The maximum Gasteiger partial charge on any atom is 0.104 e. The Bertz CT molecular complexity index is 236. The maximum absolute atomic E-state index is 13.8. The molecule has 100 valence electrons. The average molecular weight is 242 g/mol. The van der Waals surface area contributed by atoms with Crippen molar-refractivity contribution in [3.63, 3.8) is 0 Å². The van der Waals surface area contributed by atoms with Crippen LogP contribution in [0.2, 0.25) is 0 Å². The molecule has 0 spiro atoms. The van der Waals surface area contributed by atoms with Crippen LogP contribution in [-0.2, 0) is 0 Å². The fraction of sp³-hybridized carbons (Fsp3) is 1.00. The summed E-state index contributed by atoms with van der Waals surface area (Å²) in [4.78, 5) is 5.06. The largest absolute Gasteiger partial charge is 0.298 e. The van der Waals surface area contributed by atoms with Crippen molar-refractivity contribution in [2.24, 2.45) is 5.92 Å².